The van der Waals surface area contributed by atoms with Gasteiger partial charge in [-0.25, -0.2) is 0 Å². The number of hydrogen-bond donors (Lipinski definition) is 1. The molecule has 7 heteroatoms. The van der Waals surface area contributed by atoms with Crippen LogP contribution in [-0.2, 0) is 22.6 Å². The molecule has 0 saturated heterocycles. The highest BCUT2D eigenvalue weighted by molar-refractivity contribution is 6.36. The van der Waals surface area contributed by atoms with Gasteiger partial charge in [0.1, 0.15) is 11.8 Å². The van der Waals surface area contributed by atoms with Crippen molar-refractivity contribution in [2.45, 2.75) is 52.7 Å². The van der Waals surface area contributed by atoms with Crippen LogP contribution in [0.4, 0.5) is 0 Å². The van der Waals surface area contributed by atoms with Gasteiger partial charge in [0.2, 0.25) is 5.91 Å². The molecule has 36 heavy (non-hydrogen) atoms. The topological polar surface area (TPSA) is 58.6 Å². The SMILES string of the molecule is Cc1cccc(OCC(=O)N(Cc2c(Cl)cccc2Cl)[C@H](Cc2ccccc2)C(=O)NC(C)C)c1C. The Kier molecular flexibility index (Phi) is 9.80. The number of nitrogens with zero attached hydrogens (tertiary/aromatic N) is 1. The predicted octanol–water partition coefficient (Wildman–Crippen LogP) is 6.15. The summed E-state index contributed by atoms with van der Waals surface area (Å²) in [5, 5.41) is 3.82. The largest absolute Gasteiger partial charge is 0.483 e. The summed E-state index contributed by atoms with van der Waals surface area (Å²) < 4.78 is 5.93. The first-order valence-electron chi connectivity index (χ1n) is 11.9. The number of nitrogens with one attached hydrogen (secondary N) is 1. The van der Waals surface area contributed by atoms with Gasteiger partial charge < -0.3 is 15.0 Å². The molecule has 3 aromatic rings. The monoisotopic (exact) mass is 526 g/mol. The second-order valence-electron chi connectivity index (χ2n) is 9.08. The molecule has 0 unspecified atom stereocenters. The Balaban J connectivity index is 1.97. The van der Waals surface area contributed by atoms with Crippen LogP contribution in [0.5, 0.6) is 5.75 Å². The van der Waals surface area contributed by atoms with E-state index in [0.29, 0.717) is 27.8 Å². The number of amides is 2. The van der Waals surface area contributed by atoms with E-state index >= 15 is 0 Å². The second-order valence-corrected chi connectivity index (χ2v) is 9.89. The summed E-state index contributed by atoms with van der Waals surface area (Å²) in [7, 11) is 0. The van der Waals surface area contributed by atoms with E-state index in [1.807, 2.05) is 76.2 Å². The molecule has 0 bridgehead atoms. The van der Waals surface area contributed by atoms with E-state index in [1.165, 1.54) is 4.90 Å². The van der Waals surface area contributed by atoms with Crippen molar-refractivity contribution in [1.29, 1.82) is 0 Å². The predicted molar refractivity (Wildman–Crippen MR) is 146 cm³/mol. The van der Waals surface area contributed by atoms with Crippen LogP contribution >= 0.6 is 23.2 Å². The zero-order chi connectivity index (χ0) is 26.2. The summed E-state index contributed by atoms with van der Waals surface area (Å²) in [6.07, 6.45) is 0.330. The van der Waals surface area contributed by atoms with Crippen molar-refractivity contribution < 1.29 is 14.3 Å². The number of aryl methyl sites for hydroxylation is 1. The summed E-state index contributed by atoms with van der Waals surface area (Å²) >= 11 is 12.9. The molecule has 1 atom stereocenters. The quantitative estimate of drug-likeness (QED) is 0.344. The normalized spacial score (nSPS) is 11.8. The lowest BCUT2D eigenvalue weighted by Gasteiger charge is -2.32. The molecule has 190 valence electrons. The van der Waals surface area contributed by atoms with Gasteiger partial charge in [0.05, 0.1) is 0 Å². The molecule has 5 nitrogen and oxygen atoms in total. The van der Waals surface area contributed by atoms with Crippen LogP contribution in [0.1, 0.15) is 36.1 Å². The molecule has 0 radical (unpaired) electrons. The van der Waals surface area contributed by atoms with Crippen LogP contribution in [0.15, 0.2) is 66.7 Å². The smallest absolute Gasteiger partial charge is 0.261 e. The van der Waals surface area contributed by atoms with Gasteiger partial charge in [-0.2, -0.15) is 0 Å². The number of carbonyl (C=O) groups is 2. The lowest BCUT2D eigenvalue weighted by Crippen LogP contribution is -2.53. The van der Waals surface area contributed by atoms with Crippen LogP contribution < -0.4 is 10.1 Å². The summed E-state index contributed by atoms with van der Waals surface area (Å²) in [4.78, 5) is 28.6. The van der Waals surface area contributed by atoms with Crippen molar-refractivity contribution in [3.05, 3.63) is 99.0 Å². The van der Waals surface area contributed by atoms with E-state index in [0.717, 1.165) is 16.7 Å². The fraction of sp³-hybridized carbons (Fsp3) is 0.310. The molecule has 0 aliphatic rings. The number of carbonyl (C=O) groups excluding carboxylic acids is 2. The maximum Gasteiger partial charge on any atom is 0.261 e. The summed E-state index contributed by atoms with van der Waals surface area (Å²) in [5.41, 5.74) is 3.54. The number of ether oxygens (including phenoxy) is 1. The van der Waals surface area contributed by atoms with Crippen LogP contribution in [0.3, 0.4) is 0 Å². The van der Waals surface area contributed by atoms with E-state index in [2.05, 4.69) is 5.32 Å². The highest BCUT2D eigenvalue weighted by Crippen LogP contribution is 2.28. The highest BCUT2D eigenvalue weighted by Gasteiger charge is 2.32. The van der Waals surface area contributed by atoms with Gasteiger partial charge in [0.15, 0.2) is 6.61 Å². The molecule has 1 N–H and O–H groups in total. The zero-order valence-corrected chi connectivity index (χ0v) is 22.6. The minimum Gasteiger partial charge on any atom is -0.483 e. The van der Waals surface area contributed by atoms with E-state index in [-0.39, 0.29) is 31.0 Å². The van der Waals surface area contributed by atoms with Gasteiger partial charge in [-0.3, -0.25) is 9.59 Å². The average Bonchev–Trinajstić information content (AvgIpc) is 2.84. The fourth-order valence-electron chi connectivity index (χ4n) is 3.89. The Morgan fingerprint density at radius 3 is 2.19 bits per heavy atom. The van der Waals surface area contributed by atoms with Gasteiger partial charge in [-0.15, -0.1) is 0 Å². The Morgan fingerprint density at radius 1 is 0.917 bits per heavy atom. The molecule has 3 aromatic carbocycles. The third-order valence-electron chi connectivity index (χ3n) is 6.00. The molecule has 0 spiro atoms. The van der Waals surface area contributed by atoms with Crippen LogP contribution in [-0.4, -0.2) is 35.4 Å². The summed E-state index contributed by atoms with van der Waals surface area (Å²) in [5.74, 6) is 0.0363. The Labute approximate surface area is 223 Å². The number of hydrogen-bond acceptors (Lipinski definition) is 3. The Morgan fingerprint density at radius 2 is 1.56 bits per heavy atom. The number of benzene rings is 3. The molecular weight excluding hydrogens is 495 g/mol. The van der Waals surface area contributed by atoms with E-state index in [1.54, 1.807) is 18.2 Å². The second kappa shape index (κ2) is 12.8. The Bertz CT molecular complexity index is 1180. The van der Waals surface area contributed by atoms with Crippen LogP contribution in [0.25, 0.3) is 0 Å². The first-order chi connectivity index (χ1) is 17.2. The lowest BCUT2D eigenvalue weighted by atomic mass is 10.0. The van der Waals surface area contributed by atoms with Crippen LogP contribution in [0.2, 0.25) is 10.0 Å². The minimum absolute atomic E-state index is 0.0660. The maximum atomic E-state index is 13.7. The molecule has 0 aliphatic heterocycles. The molecule has 0 aromatic heterocycles. The van der Waals surface area contributed by atoms with Crippen molar-refractivity contribution in [2.75, 3.05) is 6.61 Å². The maximum absolute atomic E-state index is 13.7. The number of rotatable bonds is 10. The average molecular weight is 527 g/mol. The van der Waals surface area contributed by atoms with Crippen molar-refractivity contribution in [1.82, 2.24) is 10.2 Å². The van der Waals surface area contributed by atoms with Crippen molar-refractivity contribution in [2.24, 2.45) is 0 Å². The molecule has 3 rings (SSSR count). The third-order valence-corrected chi connectivity index (χ3v) is 6.71. The fourth-order valence-corrected chi connectivity index (χ4v) is 4.41. The zero-order valence-electron chi connectivity index (χ0n) is 21.1. The number of halogens is 2. The van der Waals surface area contributed by atoms with Gasteiger partial charge in [-0.1, -0.05) is 71.7 Å². The minimum atomic E-state index is -0.795. The first-order valence-corrected chi connectivity index (χ1v) is 12.7. The Hall–Kier alpha value is -3.02. The molecule has 0 fully saturated rings. The van der Waals surface area contributed by atoms with Gasteiger partial charge in [0.25, 0.3) is 5.91 Å². The molecule has 0 heterocycles. The highest BCUT2D eigenvalue weighted by atomic mass is 35.5. The van der Waals surface area contributed by atoms with Gasteiger partial charge in [-0.05, 0) is 62.6 Å². The summed E-state index contributed by atoms with van der Waals surface area (Å²) in [6, 6.07) is 19.6. The van der Waals surface area contributed by atoms with E-state index < -0.39 is 6.04 Å². The van der Waals surface area contributed by atoms with E-state index in [9.17, 15) is 9.59 Å². The molecule has 0 saturated carbocycles. The van der Waals surface area contributed by atoms with Crippen molar-refractivity contribution in [3.8, 4) is 5.75 Å². The first kappa shape index (κ1) is 27.6. The summed E-state index contributed by atoms with van der Waals surface area (Å²) in [6.45, 7) is 7.55. The van der Waals surface area contributed by atoms with E-state index in [4.69, 9.17) is 27.9 Å². The van der Waals surface area contributed by atoms with Gasteiger partial charge >= 0.3 is 0 Å². The molecular formula is C29H32Cl2N2O3. The third kappa shape index (κ3) is 7.25. The molecule has 0 aliphatic carbocycles. The van der Waals surface area contributed by atoms with Crippen molar-refractivity contribution >= 4 is 35.0 Å². The molecule has 2 amide bonds. The van der Waals surface area contributed by atoms with Crippen LogP contribution in [0, 0.1) is 13.8 Å². The standard InChI is InChI=1S/C29H32Cl2N2O3/c1-19(2)32-29(35)26(16-22-11-6-5-7-12-22)33(17-23-24(30)13-9-14-25(23)31)28(34)18-36-27-15-8-10-20(3)21(27)4/h5-15,19,26H,16-18H2,1-4H3,(H,32,35)/t26-/m1/s1. The van der Waals surface area contributed by atoms with Crippen molar-refractivity contribution in [3.63, 3.8) is 0 Å². The van der Waals surface area contributed by atoms with Gasteiger partial charge in [0, 0.05) is 34.6 Å². The lowest BCUT2D eigenvalue weighted by molar-refractivity contribution is -0.143.